The lowest BCUT2D eigenvalue weighted by atomic mass is 9.96. The van der Waals surface area contributed by atoms with Crippen LogP contribution < -0.4 is 0 Å². The SMILES string of the molecule is CC/C=C\C/C=C\C/C=C\CCCCCCC(CC)C(=O)OC(=O)C(CC)CCCCCC/C=C\C/C=C\C/C=C\CC. The monoisotopic (exact) mass is 595 g/mol. The van der Waals surface area contributed by atoms with Crippen molar-refractivity contribution in [2.24, 2.45) is 11.8 Å². The smallest absolute Gasteiger partial charge is 0.316 e. The standard InChI is InChI=1S/C40H66O3/c1-5-9-11-13-15-17-19-21-23-25-27-29-31-33-35-37(7-3)39(41)43-40(42)38(8-4)36-34-32-30-28-26-24-22-20-18-16-14-12-10-6-2/h9-12,15-18,21-24,37-38H,5-8,13-14,19-20,25-36H2,1-4H3/b11-9-,12-10-,17-15-,18-16-,23-21-,24-22-. The van der Waals surface area contributed by atoms with Crippen LogP contribution in [0.4, 0.5) is 0 Å². The highest BCUT2D eigenvalue weighted by Gasteiger charge is 2.25. The highest BCUT2D eigenvalue weighted by Crippen LogP contribution is 2.20. The molecule has 3 heteroatoms. The summed E-state index contributed by atoms with van der Waals surface area (Å²) >= 11 is 0. The molecule has 0 aliphatic rings. The number of rotatable bonds is 28. The van der Waals surface area contributed by atoms with Crippen molar-refractivity contribution in [3.05, 3.63) is 72.9 Å². The minimum Gasteiger partial charge on any atom is -0.393 e. The Balaban J connectivity index is 3.99. The number of unbranched alkanes of at least 4 members (excludes halogenated alkanes) is 8. The summed E-state index contributed by atoms with van der Waals surface area (Å²) in [6.07, 6.45) is 47.3. The van der Waals surface area contributed by atoms with E-state index in [1.807, 2.05) is 13.8 Å². The molecule has 0 aromatic rings. The number of allylic oxidation sites excluding steroid dienone is 12. The third-order valence-electron chi connectivity index (χ3n) is 7.76. The summed E-state index contributed by atoms with van der Waals surface area (Å²) in [5.41, 5.74) is 0. The van der Waals surface area contributed by atoms with Gasteiger partial charge in [-0.05, 0) is 89.9 Å². The van der Waals surface area contributed by atoms with Crippen molar-refractivity contribution in [2.75, 3.05) is 0 Å². The van der Waals surface area contributed by atoms with Crippen LogP contribution in [0, 0.1) is 11.8 Å². The van der Waals surface area contributed by atoms with Gasteiger partial charge in [0.05, 0.1) is 11.8 Å². The molecule has 0 spiro atoms. The molecule has 0 saturated heterocycles. The quantitative estimate of drug-likeness (QED) is 0.0391. The van der Waals surface area contributed by atoms with Gasteiger partial charge in [0.1, 0.15) is 0 Å². The van der Waals surface area contributed by atoms with Gasteiger partial charge < -0.3 is 4.74 Å². The van der Waals surface area contributed by atoms with Crippen LogP contribution in [0.3, 0.4) is 0 Å². The van der Waals surface area contributed by atoms with Gasteiger partial charge in [-0.2, -0.15) is 0 Å². The van der Waals surface area contributed by atoms with Crippen molar-refractivity contribution in [3.8, 4) is 0 Å². The third kappa shape index (κ3) is 26.9. The summed E-state index contributed by atoms with van der Waals surface area (Å²) in [5, 5.41) is 0. The Morgan fingerprint density at radius 1 is 0.442 bits per heavy atom. The van der Waals surface area contributed by atoms with Gasteiger partial charge in [0.2, 0.25) is 0 Å². The van der Waals surface area contributed by atoms with Gasteiger partial charge in [0.15, 0.2) is 0 Å². The van der Waals surface area contributed by atoms with E-state index in [2.05, 4.69) is 86.8 Å². The molecule has 3 nitrogen and oxygen atoms in total. The Kier molecular flexibility index (Phi) is 30.7. The lowest BCUT2D eigenvalue weighted by molar-refractivity contribution is -0.166. The van der Waals surface area contributed by atoms with E-state index in [0.29, 0.717) is 0 Å². The van der Waals surface area contributed by atoms with E-state index in [9.17, 15) is 9.59 Å². The first kappa shape index (κ1) is 40.6. The molecule has 0 fully saturated rings. The summed E-state index contributed by atoms with van der Waals surface area (Å²) in [6, 6.07) is 0. The molecule has 0 rings (SSSR count). The van der Waals surface area contributed by atoms with Gasteiger partial charge in [-0.25, -0.2) is 0 Å². The minimum atomic E-state index is -0.314. The number of hydrogen-bond acceptors (Lipinski definition) is 3. The van der Waals surface area contributed by atoms with E-state index in [4.69, 9.17) is 4.74 Å². The Hall–Kier alpha value is -2.42. The molecule has 43 heavy (non-hydrogen) atoms. The van der Waals surface area contributed by atoms with E-state index >= 15 is 0 Å². The maximum absolute atomic E-state index is 12.7. The largest absolute Gasteiger partial charge is 0.393 e. The van der Waals surface area contributed by atoms with Crippen molar-refractivity contribution < 1.29 is 14.3 Å². The summed E-state index contributed by atoms with van der Waals surface area (Å²) in [6.45, 7) is 8.35. The second-order valence-corrected chi connectivity index (χ2v) is 11.5. The molecule has 0 aliphatic carbocycles. The number of esters is 2. The minimum absolute atomic E-state index is 0.165. The fourth-order valence-electron chi connectivity index (χ4n) is 4.91. The number of carbonyl (C=O) groups excluding carboxylic acids is 2. The van der Waals surface area contributed by atoms with Crippen molar-refractivity contribution in [2.45, 2.75) is 156 Å². The van der Waals surface area contributed by atoms with Gasteiger partial charge in [0, 0.05) is 0 Å². The zero-order valence-electron chi connectivity index (χ0n) is 28.4. The lowest BCUT2D eigenvalue weighted by Gasteiger charge is -2.17. The molecule has 0 radical (unpaired) electrons. The third-order valence-corrected chi connectivity index (χ3v) is 7.76. The maximum Gasteiger partial charge on any atom is 0.316 e. The fraction of sp³-hybridized carbons (Fsp3) is 0.650. The lowest BCUT2D eigenvalue weighted by Crippen LogP contribution is -2.25. The first-order valence-corrected chi connectivity index (χ1v) is 17.8. The molecule has 0 heterocycles. The molecular weight excluding hydrogens is 528 g/mol. The van der Waals surface area contributed by atoms with E-state index in [1.54, 1.807) is 0 Å². The predicted molar refractivity (Wildman–Crippen MR) is 188 cm³/mol. The Labute approximate surface area is 266 Å². The zero-order valence-corrected chi connectivity index (χ0v) is 28.4. The maximum atomic E-state index is 12.7. The van der Waals surface area contributed by atoms with Crippen LogP contribution >= 0.6 is 0 Å². The molecule has 0 amide bonds. The van der Waals surface area contributed by atoms with Crippen LogP contribution in [0.25, 0.3) is 0 Å². The van der Waals surface area contributed by atoms with Crippen LogP contribution in [0.2, 0.25) is 0 Å². The predicted octanol–water partition coefficient (Wildman–Crippen LogP) is 12.5. The van der Waals surface area contributed by atoms with E-state index in [0.717, 1.165) is 103 Å². The number of carbonyl (C=O) groups is 2. The molecule has 0 aromatic heterocycles. The van der Waals surface area contributed by atoms with Crippen LogP contribution in [0.15, 0.2) is 72.9 Å². The Morgan fingerprint density at radius 3 is 1.12 bits per heavy atom. The average Bonchev–Trinajstić information content (AvgIpc) is 3.01. The molecule has 0 N–H and O–H groups in total. The van der Waals surface area contributed by atoms with Crippen LogP contribution in [0.5, 0.6) is 0 Å². The second kappa shape index (κ2) is 32.5. The summed E-state index contributed by atoms with van der Waals surface area (Å²) in [4.78, 5) is 25.4. The molecule has 2 unspecified atom stereocenters. The normalized spacial score (nSPS) is 14.0. The molecular formula is C40H66O3. The van der Waals surface area contributed by atoms with Crippen LogP contribution in [0.1, 0.15) is 156 Å². The first-order chi connectivity index (χ1) is 21.1. The van der Waals surface area contributed by atoms with Crippen LogP contribution in [-0.4, -0.2) is 11.9 Å². The zero-order chi connectivity index (χ0) is 31.6. The summed E-state index contributed by atoms with van der Waals surface area (Å²) in [7, 11) is 0. The summed E-state index contributed by atoms with van der Waals surface area (Å²) in [5.74, 6) is -0.958. The van der Waals surface area contributed by atoms with Crippen LogP contribution in [-0.2, 0) is 14.3 Å². The number of ether oxygens (including phenoxy) is 1. The van der Waals surface area contributed by atoms with E-state index < -0.39 is 0 Å². The molecule has 0 saturated carbocycles. The highest BCUT2D eigenvalue weighted by atomic mass is 16.6. The van der Waals surface area contributed by atoms with Gasteiger partial charge in [-0.1, -0.05) is 139 Å². The fourth-order valence-corrected chi connectivity index (χ4v) is 4.91. The second-order valence-electron chi connectivity index (χ2n) is 11.5. The first-order valence-electron chi connectivity index (χ1n) is 17.8. The Bertz CT molecular complexity index is 759. The van der Waals surface area contributed by atoms with Gasteiger partial charge in [-0.3, -0.25) is 9.59 Å². The number of hydrogen-bond donors (Lipinski definition) is 0. The van der Waals surface area contributed by atoms with Crippen molar-refractivity contribution >= 4 is 11.9 Å². The molecule has 2 atom stereocenters. The molecule has 0 aromatic carbocycles. The molecule has 244 valence electrons. The van der Waals surface area contributed by atoms with Gasteiger partial charge in [0.25, 0.3) is 0 Å². The van der Waals surface area contributed by atoms with Crippen molar-refractivity contribution in [1.29, 1.82) is 0 Å². The molecule has 0 bridgehead atoms. The topological polar surface area (TPSA) is 43.4 Å². The van der Waals surface area contributed by atoms with Crippen molar-refractivity contribution in [3.63, 3.8) is 0 Å². The highest BCUT2D eigenvalue weighted by molar-refractivity contribution is 5.87. The van der Waals surface area contributed by atoms with Gasteiger partial charge >= 0.3 is 11.9 Å². The van der Waals surface area contributed by atoms with E-state index in [-0.39, 0.29) is 23.8 Å². The average molecular weight is 595 g/mol. The van der Waals surface area contributed by atoms with Crippen molar-refractivity contribution in [1.82, 2.24) is 0 Å². The Morgan fingerprint density at radius 2 is 0.767 bits per heavy atom. The van der Waals surface area contributed by atoms with E-state index in [1.165, 1.54) is 25.7 Å². The summed E-state index contributed by atoms with van der Waals surface area (Å²) < 4.78 is 5.38. The van der Waals surface area contributed by atoms with Gasteiger partial charge in [-0.15, -0.1) is 0 Å². The molecule has 0 aliphatic heterocycles.